The molecule has 5 heteroatoms. The quantitative estimate of drug-likeness (QED) is 0.665. The van der Waals surface area contributed by atoms with Gasteiger partial charge >= 0.3 is 0 Å². The smallest absolute Gasteiger partial charge is 0.140 e. The van der Waals surface area contributed by atoms with Crippen molar-refractivity contribution in [2.24, 2.45) is 5.73 Å². The molecule has 20 heavy (non-hydrogen) atoms. The molecule has 0 radical (unpaired) electrons. The van der Waals surface area contributed by atoms with E-state index in [1.807, 2.05) is 0 Å². The molecule has 0 atom stereocenters. The Morgan fingerprint density at radius 1 is 1.25 bits per heavy atom. The highest BCUT2D eigenvalue weighted by Gasteiger charge is 2.10. The molecule has 2 aromatic carbocycles. The average molecular weight is 276 g/mol. The molecule has 104 valence electrons. The van der Waals surface area contributed by atoms with Crippen LogP contribution in [-0.4, -0.2) is 5.84 Å². The molecule has 3 N–H and O–H groups in total. The molecule has 0 fully saturated rings. The van der Waals surface area contributed by atoms with Gasteiger partial charge in [0.05, 0.1) is 5.56 Å². The normalized spacial score (nSPS) is 10.3. The Bertz CT molecular complexity index is 656. The van der Waals surface area contributed by atoms with Gasteiger partial charge in [-0.1, -0.05) is 12.1 Å². The summed E-state index contributed by atoms with van der Waals surface area (Å²) in [5.74, 6) is -0.764. The summed E-state index contributed by atoms with van der Waals surface area (Å²) in [7, 11) is 0. The van der Waals surface area contributed by atoms with Gasteiger partial charge in [0.1, 0.15) is 29.8 Å². The van der Waals surface area contributed by atoms with Crippen molar-refractivity contribution in [1.29, 1.82) is 5.41 Å². The van der Waals surface area contributed by atoms with Crippen LogP contribution in [0.25, 0.3) is 0 Å². The Kier molecular flexibility index (Phi) is 3.98. The number of nitrogens with two attached hydrogens (primary N) is 1. The summed E-state index contributed by atoms with van der Waals surface area (Å²) >= 11 is 0. The number of ether oxygens (including phenoxy) is 1. The first-order valence-electron chi connectivity index (χ1n) is 6.00. The maximum absolute atomic E-state index is 14.0. The van der Waals surface area contributed by atoms with Crippen LogP contribution < -0.4 is 10.5 Å². The molecule has 2 aromatic rings. The number of benzene rings is 2. The lowest BCUT2D eigenvalue weighted by atomic mass is 10.1. The van der Waals surface area contributed by atoms with Gasteiger partial charge in [0.25, 0.3) is 0 Å². The average Bonchev–Trinajstić information content (AvgIpc) is 2.41. The van der Waals surface area contributed by atoms with Crippen molar-refractivity contribution in [3.63, 3.8) is 0 Å². The minimum absolute atomic E-state index is 0.0158. The molecular formula is C15H14F2N2O. The first-order valence-corrected chi connectivity index (χ1v) is 6.00. The topological polar surface area (TPSA) is 59.1 Å². The van der Waals surface area contributed by atoms with Gasteiger partial charge in [0, 0.05) is 5.56 Å². The fourth-order valence-electron chi connectivity index (χ4n) is 1.77. The molecule has 0 aliphatic rings. The van der Waals surface area contributed by atoms with E-state index in [-0.39, 0.29) is 23.8 Å². The Hall–Kier alpha value is -2.43. The van der Waals surface area contributed by atoms with Crippen LogP contribution in [0.1, 0.15) is 16.7 Å². The molecule has 0 heterocycles. The van der Waals surface area contributed by atoms with E-state index in [0.29, 0.717) is 16.9 Å². The maximum Gasteiger partial charge on any atom is 0.140 e. The molecule has 2 rings (SSSR count). The Balaban J connectivity index is 2.17. The molecule has 0 spiro atoms. The van der Waals surface area contributed by atoms with Gasteiger partial charge < -0.3 is 10.5 Å². The first kappa shape index (κ1) is 14.0. The lowest BCUT2D eigenvalue weighted by molar-refractivity contribution is 0.299. The number of rotatable bonds is 4. The fraction of sp³-hybridized carbons (Fsp3) is 0.133. The standard InChI is InChI=1S/C15H14F2N2O/c1-9-7-11(5-6-13(9)16)20-8-10-3-2-4-12(14(10)17)15(18)19/h2-7H,8H2,1H3,(H3,18,19). The van der Waals surface area contributed by atoms with E-state index in [2.05, 4.69) is 0 Å². The SMILES string of the molecule is Cc1cc(OCc2cccc(C(=N)N)c2F)ccc1F. The number of aryl methyl sites for hydroxylation is 1. The molecule has 0 aliphatic carbocycles. The molecule has 0 amide bonds. The molecular weight excluding hydrogens is 262 g/mol. The van der Waals surface area contributed by atoms with Gasteiger partial charge in [0.2, 0.25) is 0 Å². The van der Waals surface area contributed by atoms with Crippen LogP contribution >= 0.6 is 0 Å². The van der Waals surface area contributed by atoms with Crippen LogP contribution in [0.4, 0.5) is 8.78 Å². The first-order chi connectivity index (χ1) is 9.49. The summed E-state index contributed by atoms with van der Waals surface area (Å²) in [6.07, 6.45) is 0. The monoisotopic (exact) mass is 276 g/mol. The Morgan fingerprint density at radius 3 is 2.65 bits per heavy atom. The second-order valence-corrected chi connectivity index (χ2v) is 4.39. The molecule has 0 aromatic heterocycles. The number of hydrogen-bond acceptors (Lipinski definition) is 2. The van der Waals surface area contributed by atoms with Crippen LogP contribution in [-0.2, 0) is 6.61 Å². The van der Waals surface area contributed by atoms with Gasteiger partial charge in [-0.2, -0.15) is 0 Å². The highest BCUT2D eigenvalue weighted by molar-refractivity contribution is 5.95. The highest BCUT2D eigenvalue weighted by Crippen LogP contribution is 2.19. The van der Waals surface area contributed by atoms with Crippen molar-refractivity contribution in [3.8, 4) is 5.75 Å². The van der Waals surface area contributed by atoms with Crippen molar-refractivity contribution in [1.82, 2.24) is 0 Å². The lowest BCUT2D eigenvalue weighted by Crippen LogP contribution is -2.14. The molecule has 0 saturated carbocycles. The predicted molar refractivity (Wildman–Crippen MR) is 72.9 cm³/mol. The summed E-state index contributed by atoms with van der Waals surface area (Å²) in [6.45, 7) is 1.61. The van der Waals surface area contributed by atoms with Gasteiger partial charge in [-0.3, -0.25) is 5.41 Å². The van der Waals surface area contributed by atoms with Crippen molar-refractivity contribution in [3.05, 3.63) is 64.7 Å². The third-order valence-corrected chi connectivity index (χ3v) is 2.89. The van der Waals surface area contributed by atoms with Crippen LogP contribution in [0.5, 0.6) is 5.75 Å². The van der Waals surface area contributed by atoms with Gasteiger partial charge in [-0.05, 0) is 36.8 Å². The number of nitrogens with one attached hydrogen (secondary N) is 1. The van der Waals surface area contributed by atoms with E-state index >= 15 is 0 Å². The van der Waals surface area contributed by atoms with Crippen LogP contribution in [0.2, 0.25) is 0 Å². The lowest BCUT2D eigenvalue weighted by Gasteiger charge is -2.10. The molecule has 0 aliphatic heterocycles. The minimum Gasteiger partial charge on any atom is -0.489 e. The largest absolute Gasteiger partial charge is 0.489 e. The van der Waals surface area contributed by atoms with Gasteiger partial charge in [-0.25, -0.2) is 8.78 Å². The fourth-order valence-corrected chi connectivity index (χ4v) is 1.77. The third kappa shape index (κ3) is 2.93. The zero-order valence-corrected chi connectivity index (χ0v) is 10.9. The summed E-state index contributed by atoms with van der Waals surface area (Å²) in [6, 6.07) is 8.92. The second-order valence-electron chi connectivity index (χ2n) is 4.39. The number of nitrogen functional groups attached to an aromatic ring is 1. The maximum atomic E-state index is 14.0. The van der Waals surface area contributed by atoms with Crippen molar-refractivity contribution in [2.45, 2.75) is 13.5 Å². The van der Waals surface area contributed by atoms with Crippen molar-refractivity contribution >= 4 is 5.84 Å². The highest BCUT2D eigenvalue weighted by atomic mass is 19.1. The van der Waals surface area contributed by atoms with E-state index in [4.69, 9.17) is 15.9 Å². The zero-order chi connectivity index (χ0) is 14.7. The second kappa shape index (κ2) is 5.69. The molecule has 0 saturated heterocycles. The van der Waals surface area contributed by atoms with E-state index in [0.717, 1.165) is 0 Å². The third-order valence-electron chi connectivity index (χ3n) is 2.89. The number of amidine groups is 1. The Labute approximate surface area is 115 Å². The van der Waals surface area contributed by atoms with Crippen molar-refractivity contribution in [2.75, 3.05) is 0 Å². The minimum atomic E-state index is -0.571. The van der Waals surface area contributed by atoms with Crippen molar-refractivity contribution < 1.29 is 13.5 Å². The summed E-state index contributed by atoms with van der Waals surface area (Å²) in [5, 5.41) is 7.28. The summed E-state index contributed by atoms with van der Waals surface area (Å²) < 4.78 is 32.5. The Morgan fingerprint density at radius 2 is 2.00 bits per heavy atom. The van der Waals surface area contributed by atoms with Gasteiger partial charge in [0.15, 0.2) is 0 Å². The zero-order valence-electron chi connectivity index (χ0n) is 10.9. The van der Waals surface area contributed by atoms with E-state index in [1.54, 1.807) is 25.1 Å². The van der Waals surface area contributed by atoms with Crippen LogP contribution in [0, 0.1) is 24.0 Å². The molecule has 0 bridgehead atoms. The number of halogens is 2. The number of hydrogen-bond donors (Lipinski definition) is 2. The predicted octanol–water partition coefficient (Wildman–Crippen LogP) is 3.14. The van der Waals surface area contributed by atoms with Crippen LogP contribution in [0.15, 0.2) is 36.4 Å². The summed E-state index contributed by atoms with van der Waals surface area (Å²) in [5.41, 5.74) is 6.08. The molecule has 3 nitrogen and oxygen atoms in total. The van der Waals surface area contributed by atoms with Gasteiger partial charge in [-0.15, -0.1) is 0 Å². The molecule has 0 unspecified atom stereocenters. The van der Waals surface area contributed by atoms with E-state index < -0.39 is 5.82 Å². The van der Waals surface area contributed by atoms with E-state index in [1.165, 1.54) is 18.2 Å². The van der Waals surface area contributed by atoms with Crippen LogP contribution in [0.3, 0.4) is 0 Å². The summed E-state index contributed by atoms with van der Waals surface area (Å²) in [4.78, 5) is 0. The van der Waals surface area contributed by atoms with E-state index in [9.17, 15) is 8.78 Å².